The molecule has 0 spiro atoms. The highest BCUT2D eigenvalue weighted by molar-refractivity contribution is 7.14. The Balaban J connectivity index is 1.38. The number of nitrogens with zero attached hydrogens (tertiary/aromatic N) is 1. The zero-order valence-corrected chi connectivity index (χ0v) is 15.9. The smallest absolute Gasteiger partial charge is 0.264 e. The largest absolute Gasteiger partial charge is 0.484 e. The van der Waals surface area contributed by atoms with Gasteiger partial charge in [0.25, 0.3) is 5.91 Å². The molecule has 0 radical (unpaired) electrons. The summed E-state index contributed by atoms with van der Waals surface area (Å²) in [5.41, 5.74) is 3.44. The Morgan fingerprint density at radius 3 is 2.71 bits per heavy atom. The number of H-pyrrole nitrogens is 1. The van der Waals surface area contributed by atoms with Gasteiger partial charge in [-0.1, -0.05) is 18.2 Å². The lowest BCUT2D eigenvalue weighted by atomic mass is 10.1. The Hall–Kier alpha value is -3.45. The third kappa shape index (κ3) is 3.79. The SMILES string of the molecule is CC(=O)c1ccc(OCC(=O)Nc2nc(-c3c[nH]c4ccccc34)cs2)cc1. The average Bonchev–Trinajstić information content (AvgIpc) is 3.33. The van der Waals surface area contributed by atoms with Crippen LogP contribution in [0, 0.1) is 0 Å². The van der Waals surface area contributed by atoms with E-state index in [0.29, 0.717) is 16.4 Å². The minimum atomic E-state index is -0.296. The molecule has 4 aromatic rings. The van der Waals surface area contributed by atoms with Crippen molar-refractivity contribution in [3.05, 3.63) is 65.7 Å². The number of fused-ring (bicyclic) bond motifs is 1. The third-order valence-electron chi connectivity index (χ3n) is 4.25. The fourth-order valence-electron chi connectivity index (χ4n) is 2.83. The molecule has 0 aliphatic carbocycles. The van der Waals surface area contributed by atoms with E-state index in [1.165, 1.54) is 18.3 Å². The first-order valence-corrected chi connectivity index (χ1v) is 9.54. The van der Waals surface area contributed by atoms with Crippen LogP contribution in [0.25, 0.3) is 22.2 Å². The quantitative estimate of drug-likeness (QED) is 0.474. The molecule has 2 heterocycles. The van der Waals surface area contributed by atoms with Gasteiger partial charge in [-0.05, 0) is 37.3 Å². The van der Waals surface area contributed by atoms with Crippen LogP contribution in [0.15, 0.2) is 60.1 Å². The monoisotopic (exact) mass is 391 g/mol. The van der Waals surface area contributed by atoms with Crippen molar-refractivity contribution in [2.75, 3.05) is 11.9 Å². The summed E-state index contributed by atoms with van der Waals surface area (Å²) in [7, 11) is 0. The summed E-state index contributed by atoms with van der Waals surface area (Å²) >= 11 is 1.36. The van der Waals surface area contributed by atoms with E-state index < -0.39 is 0 Å². The number of aromatic amines is 1. The highest BCUT2D eigenvalue weighted by Crippen LogP contribution is 2.30. The van der Waals surface area contributed by atoms with Gasteiger partial charge < -0.3 is 9.72 Å². The molecule has 0 unspecified atom stereocenters. The fraction of sp³-hybridized carbons (Fsp3) is 0.0952. The molecular formula is C21H17N3O3S. The van der Waals surface area contributed by atoms with E-state index in [9.17, 15) is 9.59 Å². The van der Waals surface area contributed by atoms with Crippen molar-refractivity contribution >= 4 is 39.1 Å². The van der Waals surface area contributed by atoms with Crippen molar-refractivity contribution < 1.29 is 14.3 Å². The van der Waals surface area contributed by atoms with Gasteiger partial charge in [0.1, 0.15) is 5.75 Å². The van der Waals surface area contributed by atoms with Crippen LogP contribution < -0.4 is 10.1 Å². The number of carbonyl (C=O) groups excluding carboxylic acids is 2. The fourth-order valence-corrected chi connectivity index (χ4v) is 3.56. The number of para-hydroxylation sites is 1. The van der Waals surface area contributed by atoms with Crippen molar-refractivity contribution in [1.82, 2.24) is 9.97 Å². The number of hydrogen-bond acceptors (Lipinski definition) is 5. The van der Waals surface area contributed by atoms with Gasteiger partial charge in [-0.2, -0.15) is 0 Å². The van der Waals surface area contributed by atoms with Crippen LogP contribution in [0.2, 0.25) is 0 Å². The van der Waals surface area contributed by atoms with E-state index in [4.69, 9.17) is 4.74 Å². The Morgan fingerprint density at radius 1 is 1.14 bits per heavy atom. The van der Waals surface area contributed by atoms with Crippen molar-refractivity contribution in [2.45, 2.75) is 6.92 Å². The number of anilines is 1. The molecule has 2 aromatic carbocycles. The second-order valence-electron chi connectivity index (χ2n) is 6.20. The Bertz CT molecular complexity index is 1150. The summed E-state index contributed by atoms with van der Waals surface area (Å²) in [4.78, 5) is 31.1. The molecule has 0 atom stereocenters. The molecule has 0 aliphatic rings. The van der Waals surface area contributed by atoms with Gasteiger partial charge in [-0.25, -0.2) is 4.98 Å². The lowest BCUT2D eigenvalue weighted by molar-refractivity contribution is -0.118. The predicted octanol–water partition coefficient (Wildman–Crippen LogP) is 4.51. The van der Waals surface area contributed by atoms with E-state index in [1.54, 1.807) is 24.3 Å². The van der Waals surface area contributed by atoms with Gasteiger partial charge in [0.2, 0.25) is 0 Å². The van der Waals surface area contributed by atoms with E-state index in [1.807, 2.05) is 35.8 Å². The summed E-state index contributed by atoms with van der Waals surface area (Å²) in [5, 5.41) is 6.26. The maximum atomic E-state index is 12.1. The molecular weight excluding hydrogens is 374 g/mol. The van der Waals surface area contributed by atoms with Gasteiger partial charge >= 0.3 is 0 Å². The van der Waals surface area contributed by atoms with Gasteiger partial charge in [0.05, 0.1) is 5.69 Å². The molecule has 4 rings (SSSR count). The molecule has 2 aromatic heterocycles. The molecule has 28 heavy (non-hydrogen) atoms. The molecule has 140 valence electrons. The van der Waals surface area contributed by atoms with Crippen LogP contribution in [0.3, 0.4) is 0 Å². The van der Waals surface area contributed by atoms with Gasteiger partial charge in [0.15, 0.2) is 17.5 Å². The van der Waals surface area contributed by atoms with Crippen LogP contribution in [0.5, 0.6) is 5.75 Å². The number of thiazole rings is 1. The number of rotatable bonds is 6. The Morgan fingerprint density at radius 2 is 1.93 bits per heavy atom. The number of benzene rings is 2. The zero-order chi connectivity index (χ0) is 19.5. The molecule has 0 bridgehead atoms. The third-order valence-corrected chi connectivity index (χ3v) is 5.00. The second-order valence-corrected chi connectivity index (χ2v) is 7.06. The van der Waals surface area contributed by atoms with Crippen LogP contribution >= 0.6 is 11.3 Å². The first-order valence-electron chi connectivity index (χ1n) is 8.66. The molecule has 7 heteroatoms. The van der Waals surface area contributed by atoms with Crippen molar-refractivity contribution in [1.29, 1.82) is 0 Å². The van der Waals surface area contributed by atoms with Gasteiger partial charge in [-0.15, -0.1) is 11.3 Å². The van der Waals surface area contributed by atoms with E-state index in [-0.39, 0.29) is 18.3 Å². The number of nitrogens with one attached hydrogen (secondary N) is 2. The van der Waals surface area contributed by atoms with Crippen LogP contribution in [0.4, 0.5) is 5.13 Å². The average molecular weight is 391 g/mol. The minimum absolute atomic E-state index is 0.0148. The predicted molar refractivity (Wildman–Crippen MR) is 110 cm³/mol. The van der Waals surface area contributed by atoms with Crippen molar-refractivity contribution in [2.24, 2.45) is 0 Å². The minimum Gasteiger partial charge on any atom is -0.484 e. The summed E-state index contributed by atoms with van der Waals surface area (Å²) < 4.78 is 5.46. The molecule has 0 fully saturated rings. The number of aromatic nitrogens is 2. The lowest BCUT2D eigenvalue weighted by Gasteiger charge is -2.06. The summed E-state index contributed by atoms with van der Waals surface area (Å²) in [6.45, 7) is 1.36. The second kappa shape index (κ2) is 7.66. The van der Waals surface area contributed by atoms with Crippen LogP contribution in [0.1, 0.15) is 17.3 Å². The number of hydrogen-bond donors (Lipinski definition) is 2. The van der Waals surface area contributed by atoms with Gasteiger partial charge in [0, 0.05) is 33.6 Å². The molecule has 0 saturated heterocycles. The van der Waals surface area contributed by atoms with E-state index >= 15 is 0 Å². The number of amides is 1. The first kappa shape index (κ1) is 17.9. The first-order chi connectivity index (χ1) is 13.6. The summed E-state index contributed by atoms with van der Waals surface area (Å²) in [6, 6.07) is 14.7. The molecule has 1 amide bonds. The van der Waals surface area contributed by atoms with Gasteiger partial charge in [-0.3, -0.25) is 14.9 Å². The number of ketones is 1. The molecule has 0 saturated carbocycles. The highest BCUT2D eigenvalue weighted by atomic mass is 32.1. The molecule has 6 nitrogen and oxygen atoms in total. The maximum Gasteiger partial charge on any atom is 0.264 e. The summed E-state index contributed by atoms with van der Waals surface area (Å²) in [6.07, 6.45) is 1.92. The number of carbonyl (C=O) groups is 2. The Labute approximate surface area is 165 Å². The number of ether oxygens (including phenoxy) is 1. The van der Waals surface area contributed by atoms with E-state index in [2.05, 4.69) is 15.3 Å². The van der Waals surface area contributed by atoms with Crippen LogP contribution in [-0.2, 0) is 4.79 Å². The molecule has 2 N–H and O–H groups in total. The van der Waals surface area contributed by atoms with E-state index in [0.717, 1.165) is 22.2 Å². The standard InChI is InChI=1S/C21H17N3O3S/c1-13(25)14-6-8-15(9-7-14)27-11-20(26)24-21-23-19(12-28-21)17-10-22-18-5-3-2-4-16(17)18/h2-10,12,22H,11H2,1H3,(H,23,24,26). The lowest BCUT2D eigenvalue weighted by Crippen LogP contribution is -2.20. The normalized spacial score (nSPS) is 10.8. The zero-order valence-electron chi connectivity index (χ0n) is 15.1. The maximum absolute atomic E-state index is 12.1. The number of Topliss-reactive ketones (excluding diaryl/α,β-unsaturated/α-hetero) is 1. The topological polar surface area (TPSA) is 84.1 Å². The van der Waals surface area contributed by atoms with Crippen LogP contribution in [-0.4, -0.2) is 28.3 Å². The highest BCUT2D eigenvalue weighted by Gasteiger charge is 2.12. The van der Waals surface area contributed by atoms with Crippen molar-refractivity contribution in [3.8, 4) is 17.0 Å². The Kier molecular flexibility index (Phi) is 4.90. The van der Waals surface area contributed by atoms with Crippen molar-refractivity contribution in [3.63, 3.8) is 0 Å². The molecule has 0 aliphatic heterocycles. The summed E-state index contributed by atoms with van der Waals surface area (Å²) in [5.74, 6) is 0.216.